The van der Waals surface area contributed by atoms with Crippen LogP contribution >= 0.6 is 0 Å². The van der Waals surface area contributed by atoms with Gasteiger partial charge < -0.3 is 9.30 Å². The topological polar surface area (TPSA) is 44.1 Å². The van der Waals surface area contributed by atoms with Crippen molar-refractivity contribution in [2.45, 2.75) is 13.8 Å². The minimum absolute atomic E-state index is 0.389. The molecule has 4 heteroatoms. The number of aromatic nitrogens is 2. The molecule has 0 saturated carbocycles. The predicted molar refractivity (Wildman–Crippen MR) is 116 cm³/mol. The maximum atomic E-state index is 12.8. The molecule has 1 heterocycles. The largest absolute Gasteiger partial charge is 0.422 e. The number of benzene rings is 3. The summed E-state index contributed by atoms with van der Waals surface area (Å²) >= 11 is 0. The Morgan fingerprint density at radius 1 is 0.897 bits per heavy atom. The van der Waals surface area contributed by atoms with Crippen molar-refractivity contribution >= 4 is 28.8 Å². The van der Waals surface area contributed by atoms with Crippen LogP contribution in [-0.4, -0.2) is 15.5 Å². The van der Waals surface area contributed by atoms with Gasteiger partial charge in [-0.1, -0.05) is 53.6 Å². The minimum Gasteiger partial charge on any atom is -0.422 e. The summed E-state index contributed by atoms with van der Waals surface area (Å²) in [5.74, 6) is 0.804. The second kappa shape index (κ2) is 7.76. The monoisotopic (exact) mass is 382 g/mol. The number of nitrogens with zero attached hydrogens (tertiary/aromatic N) is 2. The van der Waals surface area contributed by atoms with Crippen LogP contribution in [0.4, 0.5) is 0 Å². The second-order valence-electron chi connectivity index (χ2n) is 7.15. The molecule has 0 radical (unpaired) electrons. The minimum atomic E-state index is -0.389. The molecule has 0 saturated heterocycles. The smallest absolute Gasteiger partial charge is 0.343 e. The Hall–Kier alpha value is -3.66. The standard InChI is InChI=1S/C25H22N2O2/c1-17-8-6-10-19(14-17)23(29-25(28)20-11-7-9-18(2)15-20)16-24-26-21-12-4-5-13-22(21)27(24)3/h4-16H,1-3H3/b23-16-. The zero-order valence-corrected chi connectivity index (χ0v) is 16.7. The summed E-state index contributed by atoms with van der Waals surface area (Å²) in [6.45, 7) is 3.96. The van der Waals surface area contributed by atoms with E-state index in [1.807, 2.05) is 98.3 Å². The molecule has 29 heavy (non-hydrogen) atoms. The summed E-state index contributed by atoms with van der Waals surface area (Å²) in [4.78, 5) is 17.5. The molecule has 0 atom stereocenters. The quantitative estimate of drug-likeness (QED) is 0.344. The van der Waals surface area contributed by atoms with Gasteiger partial charge in [-0.05, 0) is 44.2 Å². The molecule has 0 N–H and O–H groups in total. The van der Waals surface area contributed by atoms with Crippen LogP contribution in [0, 0.1) is 13.8 Å². The molecule has 0 bridgehead atoms. The van der Waals surface area contributed by atoms with Crippen LogP contribution in [0.2, 0.25) is 0 Å². The highest BCUT2D eigenvalue weighted by atomic mass is 16.5. The van der Waals surface area contributed by atoms with Gasteiger partial charge in [0.1, 0.15) is 11.6 Å². The summed E-state index contributed by atoms with van der Waals surface area (Å²) < 4.78 is 7.85. The lowest BCUT2D eigenvalue weighted by molar-refractivity contribution is 0.0693. The van der Waals surface area contributed by atoms with Gasteiger partial charge in [0.2, 0.25) is 0 Å². The van der Waals surface area contributed by atoms with E-state index in [-0.39, 0.29) is 5.97 Å². The van der Waals surface area contributed by atoms with Gasteiger partial charge >= 0.3 is 5.97 Å². The summed E-state index contributed by atoms with van der Waals surface area (Å²) in [6.07, 6.45) is 1.82. The van der Waals surface area contributed by atoms with Gasteiger partial charge in [0.05, 0.1) is 16.6 Å². The molecule has 0 fully saturated rings. The number of esters is 1. The number of hydrogen-bond acceptors (Lipinski definition) is 3. The average Bonchev–Trinajstić information content (AvgIpc) is 3.03. The fourth-order valence-corrected chi connectivity index (χ4v) is 3.31. The van der Waals surface area contributed by atoms with Crippen molar-refractivity contribution in [3.05, 3.63) is 101 Å². The normalized spacial score (nSPS) is 11.6. The number of para-hydroxylation sites is 2. The Labute approximate surface area is 170 Å². The molecule has 0 spiro atoms. The van der Waals surface area contributed by atoms with Crippen LogP contribution in [0.25, 0.3) is 22.9 Å². The van der Waals surface area contributed by atoms with Gasteiger partial charge in [-0.2, -0.15) is 0 Å². The van der Waals surface area contributed by atoms with Crippen molar-refractivity contribution < 1.29 is 9.53 Å². The first-order valence-electron chi connectivity index (χ1n) is 9.50. The molecule has 0 aliphatic carbocycles. The summed E-state index contributed by atoms with van der Waals surface area (Å²) in [5, 5.41) is 0. The molecule has 3 aromatic carbocycles. The van der Waals surface area contributed by atoms with Crippen LogP contribution in [0.1, 0.15) is 32.9 Å². The molecular formula is C25H22N2O2. The molecular weight excluding hydrogens is 360 g/mol. The summed E-state index contributed by atoms with van der Waals surface area (Å²) in [5.41, 5.74) is 5.37. The maximum Gasteiger partial charge on any atom is 0.343 e. The zero-order chi connectivity index (χ0) is 20.4. The van der Waals surface area contributed by atoms with Crippen molar-refractivity contribution in [3.63, 3.8) is 0 Å². The van der Waals surface area contributed by atoms with E-state index in [0.717, 1.165) is 33.5 Å². The van der Waals surface area contributed by atoms with E-state index in [9.17, 15) is 4.79 Å². The van der Waals surface area contributed by atoms with Crippen molar-refractivity contribution in [1.82, 2.24) is 9.55 Å². The lowest BCUT2D eigenvalue weighted by Crippen LogP contribution is -2.06. The number of aryl methyl sites for hydroxylation is 3. The van der Waals surface area contributed by atoms with Gasteiger partial charge in [-0.15, -0.1) is 0 Å². The molecule has 4 aromatic rings. The van der Waals surface area contributed by atoms with E-state index in [0.29, 0.717) is 11.3 Å². The predicted octanol–water partition coefficient (Wildman–Crippen LogP) is 5.55. The van der Waals surface area contributed by atoms with Gasteiger partial charge in [0, 0.05) is 18.7 Å². The van der Waals surface area contributed by atoms with Crippen molar-refractivity contribution in [3.8, 4) is 0 Å². The van der Waals surface area contributed by atoms with Crippen LogP contribution < -0.4 is 0 Å². The summed E-state index contributed by atoms with van der Waals surface area (Å²) in [7, 11) is 1.96. The van der Waals surface area contributed by atoms with Crippen molar-refractivity contribution in [1.29, 1.82) is 0 Å². The third-order valence-electron chi connectivity index (χ3n) is 4.84. The number of imidazole rings is 1. The third kappa shape index (κ3) is 3.97. The van der Waals surface area contributed by atoms with Gasteiger partial charge in [0.25, 0.3) is 0 Å². The fraction of sp³-hybridized carbons (Fsp3) is 0.120. The fourth-order valence-electron chi connectivity index (χ4n) is 3.31. The Morgan fingerprint density at radius 2 is 1.55 bits per heavy atom. The molecule has 4 rings (SSSR count). The van der Waals surface area contributed by atoms with E-state index >= 15 is 0 Å². The van der Waals surface area contributed by atoms with Crippen LogP contribution in [0.5, 0.6) is 0 Å². The van der Waals surface area contributed by atoms with E-state index < -0.39 is 0 Å². The first-order valence-corrected chi connectivity index (χ1v) is 9.50. The first kappa shape index (κ1) is 18.7. The van der Waals surface area contributed by atoms with E-state index in [2.05, 4.69) is 4.98 Å². The van der Waals surface area contributed by atoms with E-state index in [1.54, 1.807) is 6.07 Å². The highest BCUT2D eigenvalue weighted by molar-refractivity contribution is 5.95. The molecule has 0 aliphatic rings. The second-order valence-corrected chi connectivity index (χ2v) is 7.15. The Bertz CT molecular complexity index is 1230. The SMILES string of the molecule is Cc1cccc(C(=O)O/C(=C\c2nc3ccccc3n2C)c2cccc(C)c2)c1. The van der Waals surface area contributed by atoms with Crippen molar-refractivity contribution in [2.75, 3.05) is 0 Å². The van der Waals surface area contributed by atoms with Crippen LogP contribution in [0.3, 0.4) is 0 Å². The number of hydrogen-bond donors (Lipinski definition) is 0. The van der Waals surface area contributed by atoms with Gasteiger partial charge in [-0.25, -0.2) is 9.78 Å². The maximum absolute atomic E-state index is 12.8. The molecule has 144 valence electrons. The van der Waals surface area contributed by atoms with Crippen LogP contribution in [0.15, 0.2) is 72.8 Å². The third-order valence-corrected chi connectivity index (χ3v) is 4.84. The molecule has 0 unspecified atom stereocenters. The number of carbonyl (C=O) groups is 1. The highest BCUT2D eigenvalue weighted by Gasteiger charge is 2.15. The summed E-state index contributed by atoms with van der Waals surface area (Å²) in [6, 6.07) is 23.2. The number of fused-ring (bicyclic) bond motifs is 1. The lowest BCUT2D eigenvalue weighted by Gasteiger charge is -2.11. The van der Waals surface area contributed by atoms with Crippen molar-refractivity contribution in [2.24, 2.45) is 7.05 Å². The average molecular weight is 382 g/mol. The number of ether oxygens (including phenoxy) is 1. The Kier molecular flexibility index (Phi) is 5.00. The number of rotatable bonds is 4. The van der Waals surface area contributed by atoms with Gasteiger partial charge in [-0.3, -0.25) is 0 Å². The van der Waals surface area contributed by atoms with Crippen LogP contribution in [-0.2, 0) is 11.8 Å². The molecule has 0 amide bonds. The number of carbonyl (C=O) groups excluding carboxylic acids is 1. The van der Waals surface area contributed by atoms with Gasteiger partial charge in [0.15, 0.2) is 0 Å². The Morgan fingerprint density at radius 3 is 2.24 bits per heavy atom. The Balaban J connectivity index is 1.78. The van der Waals surface area contributed by atoms with E-state index in [4.69, 9.17) is 4.74 Å². The first-order chi connectivity index (χ1) is 14.0. The highest BCUT2D eigenvalue weighted by Crippen LogP contribution is 2.24. The molecule has 1 aromatic heterocycles. The lowest BCUT2D eigenvalue weighted by atomic mass is 10.1. The molecule has 0 aliphatic heterocycles. The van der Waals surface area contributed by atoms with E-state index in [1.165, 1.54) is 0 Å². The molecule has 4 nitrogen and oxygen atoms in total. The zero-order valence-electron chi connectivity index (χ0n) is 16.7.